The summed E-state index contributed by atoms with van der Waals surface area (Å²) < 4.78 is 0. The van der Waals surface area contributed by atoms with Crippen molar-refractivity contribution in [2.45, 2.75) is 57.5 Å². The van der Waals surface area contributed by atoms with Crippen LogP contribution in [-0.2, 0) is 4.79 Å². The number of likely N-dealkylation sites (N-methyl/N-ethyl adjacent to an activating group) is 1. The van der Waals surface area contributed by atoms with Gasteiger partial charge in [-0.3, -0.25) is 4.79 Å². The molecule has 3 nitrogen and oxygen atoms in total. The van der Waals surface area contributed by atoms with Crippen LogP contribution in [0.5, 0.6) is 0 Å². The summed E-state index contributed by atoms with van der Waals surface area (Å²) in [5.41, 5.74) is 0. The van der Waals surface area contributed by atoms with Crippen LogP contribution in [0, 0.1) is 11.8 Å². The van der Waals surface area contributed by atoms with E-state index in [4.69, 9.17) is 0 Å². The summed E-state index contributed by atoms with van der Waals surface area (Å²) in [7, 11) is 1.85. The molecule has 2 aliphatic rings. The molecule has 3 heteroatoms. The first kappa shape index (κ1) is 12.9. The van der Waals surface area contributed by atoms with E-state index in [1.807, 2.05) is 7.05 Å². The predicted molar refractivity (Wildman–Crippen MR) is 67.6 cm³/mol. The molecule has 0 saturated heterocycles. The molecule has 2 aliphatic carbocycles. The van der Waals surface area contributed by atoms with Gasteiger partial charge in [0.2, 0.25) is 5.91 Å². The number of aliphatic hydroxyl groups excluding tert-OH is 1. The summed E-state index contributed by atoms with van der Waals surface area (Å²) in [6.45, 7) is 0.528. The van der Waals surface area contributed by atoms with Crippen molar-refractivity contribution in [2.75, 3.05) is 13.6 Å². The average Bonchev–Trinajstić information content (AvgIpc) is 3.14. The third-order valence-corrected chi connectivity index (χ3v) is 4.21. The molecule has 1 N–H and O–H groups in total. The molecule has 1 unspecified atom stereocenters. The average molecular weight is 239 g/mol. The molecule has 0 aliphatic heterocycles. The van der Waals surface area contributed by atoms with E-state index in [9.17, 15) is 9.90 Å². The summed E-state index contributed by atoms with van der Waals surface area (Å²) in [4.78, 5) is 14.0. The Morgan fingerprint density at radius 3 is 2.29 bits per heavy atom. The minimum Gasteiger partial charge on any atom is -0.391 e. The number of rotatable bonds is 4. The lowest BCUT2D eigenvalue weighted by atomic mass is 9.98. The van der Waals surface area contributed by atoms with Gasteiger partial charge >= 0.3 is 0 Å². The first-order valence-corrected chi connectivity index (χ1v) is 7.11. The van der Waals surface area contributed by atoms with Gasteiger partial charge in [0.1, 0.15) is 0 Å². The van der Waals surface area contributed by atoms with Crippen molar-refractivity contribution < 1.29 is 9.90 Å². The molecule has 0 bridgehead atoms. The van der Waals surface area contributed by atoms with Crippen LogP contribution in [0.15, 0.2) is 0 Å². The fourth-order valence-electron chi connectivity index (χ4n) is 2.84. The van der Waals surface area contributed by atoms with Crippen LogP contribution < -0.4 is 0 Å². The highest BCUT2D eigenvalue weighted by molar-refractivity contribution is 5.78. The third-order valence-electron chi connectivity index (χ3n) is 4.21. The van der Waals surface area contributed by atoms with Crippen LogP contribution in [0.4, 0.5) is 0 Å². The molecule has 2 saturated carbocycles. The second-order valence-corrected chi connectivity index (χ2v) is 5.81. The SMILES string of the molecule is CN(CC(O)C1CC1)C(=O)C1CCCCCC1. The highest BCUT2D eigenvalue weighted by Crippen LogP contribution is 2.33. The maximum atomic E-state index is 12.2. The first-order valence-electron chi connectivity index (χ1n) is 7.11. The van der Waals surface area contributed by atoms with Crippen molar-refractivity contribution >= 4 is 5.91 Å². The van der Waals surface area contributed by atoms with Crippen molar-refractivity contribution in [3.8, 4) is 0 Å². The first-order chi connectivity index (χ1) is 8.18. The molecule has 0 radical (unpaired) electrons. The summed E-state index contributed by atoms with van der Waals surface area (Å²) in [6, 6.07) is 0. The van der Waals surface area contributed by atoms with Crippen molar-refractivity contribution in [3.05, 3.63) is 0 Å². The zero-order valence-corrected chi connectivity index (χ0v) is 10.9. The van der Waals surface area contributed by atoms with E-state index in [-0.39, 0.29) is 17.9 Å². The fraction of sp³-hybridized carbons (Fsp3) is 0.929. The van der Waals surface area contributed by atoms with Crippen LogP contribution in [-0.4, -0.2) is 35.6 Å². The van der Waals surface area contributed by atoms with E-state index >= 15 is 0 Å². The molecular formula is C14H25NO2. The standard InChI is InChI=1S/C14H25NO2/c1-15(10-13(16)11-8-9-11)14(17)12-6-4-2-3-5-7-12/h11-13,16H,2-10H2,1H3. The van der Waals surface area contributed by atoms with Gasteiger partial charge in [0, 0.05) is 19.5 Å². The van der Waals surface area contributed by atoms with E-state index in [2.05, 4.69) is 0 Å². The lowest BCUT2D eigenvalue weighted by Gasteiger charge is -2.25. The summed E-state index contributed by atoms with van der Waals surface area (Å²) in [5, 5.41) is 9.87. The number of carbonyl (C=O) groups excluding carboxylic acids is 1. The largest absolute Gasteiger partial charge is 0.391 e. The number of amides is 1. The summed E-state index contributed by atoms with van der Waals surface area (Å²) >= 11 is 0. The Morgan fingerprint density at radius 1 is 1.18 bits per heavy atom. The lowest BCUT2D eigenvalue weighted by Crippen LogP contribution is -2.38. The molecule has 1 atom stereocenters. The molecule has 0 aromatic heterocycles. The summed E-state index contributed by atoms with van der Waals surface area (Å²) in [5.74, 6) is 0.930. The number of aliphatic hydroxyl groups is 1. The third kappa shape index (κ3) is 3.70. The van der Waals surface area contributed by atoms with Crippen molar-refractivity contribution in [3.63, 3.8) is 0 Å². The molecular weight excluding hydrogens is 214 g/mol. The van der Waals surface area contributed by atoms with Crippen LogP contribution in [0.3, 0.4) is 0 Å². The zero-order chi connectivity index (χ0) is 12.3. The highest BCUT2D eigenvalue weighted by atomic mass is 16.3. The van der Waals surface area contributed by atoms with Gasteiger partial charge in [-0.05, 0) is 31.6 Å². The van der Waals surface area contributed by atoms with Gasteiger partial charge < -0.3 is 10.0 Å². The molecule has 0 aromatic rings. The van der Waals surface area contributed by atoms with Crippen molar-refractivity contribution in [2.24, 2.45) is 11.8 Å². The van der Waals surface area contributed by atoms with E-state index < -0.39 is 0 Å². The topological polar surface area (TPSA) is 40.5 Å². The zero-order valence-electron chi connectivity index (χ0n) is 10.9. The molecule has 2 fully saturated rings. The fourth-order valence-corrected chi connectivity index (χ4v) is 2.84. The molecule has 0 spiro atoms. The molecule has 0 heterocycles. The van der Waals surface area contributed by atoms with Crippen LogP contribution in [0.2, 0.25) is 0 Å². The summed E-state index contributed by atoms with van der Waals surface area (Å²) in [6.07, 6.45) is 8.99. The number of nitrogens with zero attached hydrogens (tertiary/aromatic N) is 1. The van der Waals surface area contributed by atoms with Gasteiger partial charge in [-0.25, -0.2) is 0 Å². The highest BCUT2D eigenvalue weighted by Gasteiger charge is 2.32. The Balaban J connectivity index is 1.79. The Morgan fingerprint density at radius 2 is 1.76 bits per heavy atom. The van der Waals surface area contributed by atoms with Crippen LogP contribution >= 0.6 is 0 Å². The Kier molecular flexibility index (Phi) is 4.43. The molecule has 17 heavy (non-hydrogen) atoms. The van der Waals surface area contributed by atoms with Gasteiger partial charge in [-0.15, -0.1) is 0 Å². The lowest BCUT2D eigenvalue weighted by molar-refractivity contribution is -0.136. The Hall–Kier alpha value is -0.570. The van der Waals surface area contributed by atoms with Crippen LogP contribution in [0.25, 0.3) is 0 Å². The van der Waals surface area contributed by atoms with Gasteiger partial charge in [0.05, 0.1) is 6.10 Å². The minimum absolute atomic E-state index is 0.217. The van der Waals surface area contributed by atoms with E-state index in [1.54, 1.807) is 4.90 Å². The molecule has 1 amide bonds. The predicted octanol–water partition coefficient (Wildman–Crippen LogP) is 2.19. The smallest absolute Gasteiger partial charge is 0.225 e. The second kappa shape index (κ2) is 5.85. The van der Waals surface area contributed by atoms with E-state index in [0.717, 1.165) is 25.7 Å². The molecule has 0 aromatic carbocycles. The number of hydrogen-bond acceptors (Lipinski definition) is 2. The molecule has 2 rings (SSSR count). The second-order valence-electron chi connectivity index (χ2n) is 5.81. The van der Waals surface area contributed by atoms with Crippen molar-refractivity contribution in [1.82, 2.24) is 4.90 Å². The normalized spacial score (nSPS) is 24.1. The van der Waals surface area contributed by atoms with Gasteiger partial charge in [0.15, 0.2) is 0 Å². The van der Waals surface area contributed by atoms with Crippen molar-refractivity contribution in [1.29, 1.82) is 0 Å². The number of carbonyl (C=O) groups is 1. The van der Waals surface area contributed by atoms with E-state index in [1.165, 1.54) is 25.7 Å². The maximum absolute atomic E-state index is 12.2. The monoisotopic (exact) mass is 239 g/mol. The van der Waals surface area contributed by atoms with Gasteiger partial charge in [-0.1, -0.05) is 25.7 Å². The van der Waals surface area contributed by atoms with Crippen LogP contribution in [0.1, 0.15) is 51.4 Å². The Labute approximate surface area is 104 Å². The minimum atomic E-state index is -0.297. The van der Waals surface area contributed by atoms with Gasteiger partial charge in [0.25, 0.3) is 0 Å². The van der Waals surface area contributed by atoms with E-state index in [0.29, 0.717) is 12.5 Å². The quantitative estimate of drug-likeness (QED) is 0.764. The molecule has 98 valence electrons. The maximum Gasteiger partial charge on any atom is 0.225 e. The van der Waals surface area contributed by atoms with Gasteiger partial charge in [-0.2, -0.15) is 0 Å². The Bertz CT molecular complexity index is 255. The number of hydrogen-bond donors (Lipinski definition) is 1.